The second-order valence-corrected chi connectivity index (χ2v) is 12.5. The lowest BCUT2D eigenvalue weighted by Gasteiger charge is -2.35. The van der Waals surface area contributed by atoms with Crippen LogP contribution >= 0.6 is 11.6 Å². The molecule has 232 valence electrons. The maximum absolute atomic E-state index is 13.1. The van der Waals surface area contributed by atoms with E-state index in [-0.39, 0.29) is 24.0 Å². The molecule has 5 rings (SSSR count). The molecular weight excluding hydrogens is 582 g/mol. The number of benzene rings is 2. The van der Waals surface area contributed by atoms with Crippen LogP contribution in [0.3, 0.4) is 0 Å². The van der Waals surface area contributed by atoms with Crippen LogP contribution in [0.2, 0.25) is 5.02 Å². The third kappa shape index (κ3) is 7.79. The van der Waals surface area contributed by atoms with Gasteiger partial charge in [-0.25, -0.2) is 9.78 Å². The van der Waals surface area contributed by atoms with E-state index < -0.39 is 5.60 Å². The summed E-state index contributed by atoms with van der Waals surface area (Å²) in [4.78, 5) is 45.3. The summed E-state index contributed by atoms with van der Waals surface area (Å²) in [6.07, 6.45) is 2.66. The standard InChI is InChI=1S/C33H38ClN5O5/c1-33(2,3)44-32(42)39-14-12-38(13-15-39)31(41)23-8-6-22(7-9-23)24-16-25-17-26(43-30(25)27(34)18-24)20-37-29(40)11-5-21-4-10-28(35)36-19-21/h4,6-10,16,18-19,26H,5,11-15,17,20H2,1-3H3,(H2,35,36)(H,37,40). The Balaban J connectivity index is 1.13. The molecule has 3 N–H and O–H groups in total. The Morgan fingerprint density at radius 3 is 2.39 bits per heavy atom. The fraction of sp³-hybridized carbons (Fsp3) is 0.394. The summed E-state index contributed by atoms with van der Waals surface area (Å²) < 4.78 is 11.5. The third-order valence-corrected chi connectivity index (χ3v) is 7.83. The molecule has 2 aliphatic rings. The SMILES string of the molecule is CC(C)(C)OC(=O)N1CCN(C(=O)c2ccc(-c3cc(Cl)c4c(c3)CC(CNC(=O)CCc3ccc(N)nc3)O4)cc2)CC1. The summed E-state index contributed by atoms with van der Waals surface area (Å²) in [5.74, 6) is 0.956. The van der Waals surface area contributed by atoms with Gasteiger partial charge in [-0.3, -0.25) is 9.59 Å². The fourth-order valence-corrected chi connectivity index (χ4v) is 5.52. The van der Waals surface area contributed by atoms with E-state index in [1.807, 2.05) is 63.2 Å². The molecule has 3 amide bonds. The molecule has 0 bridgehead atoms. The first-order chi connectivity index (χ1) is 20.9. The van der Waals surface area contributed by atoms with Crippen molar-refractivity contribution in [1.82, 2.24) is 20.1 Å². The summed E-state index contributed by atoms with van der Waals surface area (Å²) in [6.45, 7) is 7.64. The van der Waals surface area contributed by atoms with Gasteiger partial charge in [0.2, 0.25) is 5.91 Å². The number of halogens is 1. The minimum absolute atomic E-state index is 0.0623. The number of aryl methyl sites for hydroxylation is 1. The molecule has 0 spiro atoms. The zero-order valence-corrected chi connectivity index (χ0v) is 26.0. The van der Waals surface area contributed by atoms with E-state index in [0.717, 1.165) is 22.3 Å². The molecule has 3 heterocycles. The van der Waals surface area contributed by atoms with Gasteiger partial charge >= 0.3 is 6.09 Å². The summed E-state index contributed by atoms with van der Waals surface area (Å²) in [5, 5.41) is 3.46. The number of nitrogens with one attached hydrogen (secondary N) is 1. The van der Waals surface area contributed by atoms with Crippen molar-refractivity contribution in [2.75, 3.05) is 38.5 Å². The van der Waals surface area contributed by atoms with Crippen molar-refractivity contribution in [2.45, 2.75) is 51.7 Å². The summed E-state index contributed by atoms with van der Waals surface area (Å²) >= 11 is 6.61. The first-order valence-electron chi connectivity index (χ1n) is 14.8. The van der Waals surface area contributed by atoms with Crippen LogP contribution in [0.1, 0.15) is 48.7 Å². The van der Waals surface area contributed by atoms with Crippen LogP contribution in [0.25, 0.3) is 11.1 Å². The van der Waals surface area contributed by atoms with Gasteiger partial charge in [0.25, 0.3) is 5.91 Å². The predicted octanol–water partition coefficient (Wildman–Crippen LogP) is 4.73. The second kappa shape index (κ2) is 13.1. The van der Waals surface area contributed by atoms with Gasteiger partial charge in [-0.15, -0.1) is 0 Å². The molecule has 0 aliphatic carbocycles. The molecule has 0 radical (unpaired) electrons. The summed E-state index contributed by atoms with van der Waals surface area (Å²) in [6, 6.07) is 14.9. The monoisotopic (exact) mass is 619 g/mol. The van der Waals surface area contributed by atoms with E-state index in [1.54, 1.807) is 22.1 Å². The lowest BCUT2D eigenvalue weighted by molar-refractivity contribution is -0.121. The van der Waals surface area contributed by atoms with Crippen molar-refractivity contribution in [3.8, 4) is 16.9 Å². The Morgan fingerprint density at radius 2 is 1.73 bits per heavy atom. The predicted molar refractivity (Wildman–Crippen MR) is 169 cm³/mol. The molecule has 3 aromatic rings. The van der Waals surface area contributed by atoms with E-state index in [9.17, 15) is 14.4 Å². The number of hydrogen-bond donors (Lipinski definition) is 2. The van der Waals surface area contributed by atoms with Crippen molar-refractivity contribution in [1.29, 1.82) is 0 Å². The number of nitrogen functional groups attached to an aromatic ring is 1. The average molecular weight is 620 g/mol. The van der Waals surface area contributed by atoms with Crippen LogP contribution in [0, 0.1) is 0 Å². The highest BCUT2D eigenvalue weighted by Gasteiger charge is 2.29. The highest BCUT2D eigenvalue weighted by Crippen LogP contribution is 2.39. The number of piperazine rings is 1. The smallest absolute Gasteiger partial charge is 0.410 e. The van der Waals surface area contributed by atoms with Crippen LogP contribution < -0.4 is 15.8 Å². The van der Waals surface area contributed by atoms with E-state index in [2.05, 4.69) is 10.3 Å². The second-order valence-electron chi connectivity index (χ2n) is 12.1. The van der Waals surface area contributed by atoms with Gasteiger partial charge in [-0.05, 0) is 74.2 Å². The molecule has 0 saturated carbocycles. The maximum Gasteiger partial charge on any atom is 0.410 e. The Morgan fingerprint density at radius 1 is 1.02 bits per heavy atom. The van der Waals surface area contributed by atoms with E-state index in [4.69, 9.17) is 26.8 Å². The largest absolute Gasteiger partial charge is 0.486 e. The number of anilines is 1. The number of hydrogen-bond acceptors (Lipinski definition) is 7. The lowest BCUT2D eigenvalue weighted by atomic mass is 9.99. The maximum atomic E-state index is 13.1. The van der Waals surface area contributed by atoms with Crippen LogP contribution in [-0.2, 0) is 22.4 Å². The number of nitrogens with zero attached hydrogens (tertiary/aromatic N) is 3. The highest BCUT2D eigenvalue weighted by atomic mass is 35.5. The van der Waals surface area contributed by atoms with Gasteiger partial charge < -0.3 is 30.3 Å². The Labute approximate surface area is 262 Å². The Kier molecular flexibility index (Phi) is 9.29. The molecule has 1 atom stereocenters. The summed E-state index contributed by atoms with van der Waals surface area (Å²) in [7, 11) is 0. The lowest BCUT2D eigenvalue weighted by Crippen LogP contribution is -2.51. The van der Waals surface area contributed by atoms with Gasteiger partial charge in [0, 0.05) is 56.3 Å². The van der Waals surface area contributed by atoms with Gasteiger partial charge in [0.05, 0.1) is 11.6 Å². The number of aromatic nitrogens is 1. The molecule has 44 heavy (non-hydrogen) atoms. The number of pyridine rings is 1. The third-order valence-electron chi connectivity index (χ3n) is 7.55. The van der Waals surface area contributed by atoms with Gasteiger partial charge in [-0.1, -0.05) is 29.8 Å². The van der Waals surface area contributed by atoms with Gasteiger partial charge in [-0.2, -0.15) is 0 Å². The molecule has 2 aromatic carbocycles. The number of carbonyl (C=O) groups is 3. The zero-order valence-electron chi connectivity index (χ0n) is 25.3. The highest BCUT2D eigenvalue weighted by molar-refractivity contribution is 6.32. The minimum Gasteiger partial charge on any atom is -0.486 e. The molecule has 10 nitrogen and oxygen atoms in total. The fourth-order valence-electron chi connectivity index (χ4n) is 5.23. The molecule has 1 aromatic heterocycles. The Bertz CT molecular complexity index is 1510. The normalized spacial score (nSPS) is 16.2. The molecule has 2 aliphatic heterocycles. The van der Waals surface area contributed by atoms with E-state index in [1.165, 1.54) is 0 Å². The molecule has 1 unspecified atom stereocenters. The molecule has 1 saturated heterocycles. The average Bonchev–Trinajstić information content (AvgIpc) is 3.42. The van der Waals surface area contributed by atoms with Crippen LogP contribution in [0.15, 0.2) is 54.7 Å². The first kappa shape index (κ1) is 31.1. The Hall–Kier alpha value is -4.31. The van der Waals surface area contributed by atoms with Crippen molar-refractivity contribution >= 4 is 35.3 Å². The van der Waals surface area contributed by atoms with Crippen molar-refractivity contribution in [3.05, 3.63) is 76.4 Å². The number of amides is 3. The number of fused-ring (bicyclic) bond motifs is 1. The van der Waals surface area contributed by atoms with Crippen LogP contribution in [0.4, 0.5) is 10.6 Å². The first-order valence-corrected chi connectivity index (χ1v) is 15.2. The quantitative estimate of drug-likeness (QED) is 0.391. The molecule has 11 heteroatoms. The molecular formula is C33H38ClN5O5. The van der Waals surface area contributed by atoms with Crippen molar-refractivity contribution in [2.24, 2.45) is 0 Å². The number of rotatable bonds is 7. The molecule has 1 fully saturated rings. The van der Waals surface area contributed by atoms with Crippen molar-refractivity contribution < 1.29 is 23.9 Å². The number of carbonyl (C=O) groups excluding carboxylic acids is 3. The number of ether oxygens (including phenoxy) is 2. The van der Waals surface area contributed by atoms with E-state index in [0.29, 0.717) is 74.1 Å². The van der Waals surface area contributed by atoms with Crippen LogP contribution in [0.5, 0.6) is 5.75 Å². The van der Waals surface area contributed by atoms with E-state index >= 15 is 0 Å². The number of nitrogens with two attached hydrogens (primary N) is 1. The minimum atomic E-state index is -0.557. The van der Waals surface area contributed by atoms with Crippen molar-refractivity contribution in [3.63, 3.8) is 0 Å². The summed E-state index contributed by atoms with van der Waals surface area (Å²) in [5.41, 5.74) is 9.41. The van der Waals surface area contributed by atoms with Gasteiger partial charge in [0.15, 0.2) is 0 Å². The zero-order chi connectivity index (χ0) is 31.4. The topological polar surface area (TPSA) is 127 Å². The van der Waals surface area contributed by atoms with Crippen LogP contribution in [-0.4, -0.2) is 77.1 Å². The van der Waals surface area contributed by atoms with Gasteiger partial charge in [0.1, 0.15) is 23.3 Å².